The minimum absolute atomic E-state index is 0.123. The van der Waals surface area contributed by atoms with E-state index in [9.17, 15) is 14.9 Å². The lowest BCUT2D eigenvalue weighted by Gasteiger charge is -2.07. The quantitative estimate of drug-likeness (QED) is 0.477. The standard InChI is InChI=1S/C13H8ClIN2O3/c14-11-7-10(17(19)20)4-5-12(11)16-13(18)8-2-1-3-9(15)6-8/h1-7H,(H,16,18). The van der Waals surface area contributed by atoms with Crippen molar-refractivity contribution in [1.29, 1.82) is 0 Å². The Morgan fingerprint density at radius 2 is 2.00 bits per heavy atom. The number of nitrogens with zero attached hydrogens (tertiary/aromatic N) is 1. The van der Waals surface area contributed by atoms with Crippen LogP contribution in [0.15, 0.2) is 42.5 Å². The van der Waals surface area contributed by atoms with Gasteiger partial charge in [0.05, 0.1) is 15.6 Å². The highest BCUT2D eigenvalue weighted by atomic mass is 127. The first-order chi connectivity index (χ1) is 9.47. The van der Waals surface area contributed by atoms with Crippen LogP contribution in [0.3, 0.4) is 0 Å². The monoisotopic (exact) mass is 402 g/mol. The minimum Gasteiger partial charge on any atom is -0.321 e. The molecular formula is C13H8ClIN2O3. The Morgan fingerprint density at radius 1 is 1.25 bits per heavy atom. The number of non-ortho nitro benzene ring substituents is 1. The molecule has 0 spiro atoms. The molecule has 0 fully saturated rings. The lowest BCUT2D eigenvalue weighted by Crippen LogP contribution is -2.12. The number of rotatable bonds is 3. The fraction of sp³-hybridized carbons (Fsp3) is 0. The number of halogens is 2. The highest BCUT2D eigenvalue weighted by Gasteiger charge is 2.12. The van der Waals surface area contributed by atoms with E-state index in [1.165, 1.54) is 18.2 Å². The van der Waals surface area contributed by atoms with E-state index in [-0.39, 0.29) is 16.6 Å². The third-order valence-electron chi connectivity index (χ3n) is 2.50. The van der Waals surface area contributed by atoms with Crippen molar-refractivity contribution in [2.24, 2.45) is 0 Å². The summed E-state index contributed by atoms with van der Waals surface area (Å²) in [4.78, 5) is 22.1. The van der Waals surface area contributed by atoms with Gasteiger partial charge in [0.15, 0.2) is 0 Å². The minimum atomic E-state index is -0.545. The van der Waals surface area contributed by atoms with E-state index >= 15 is 0 Å². The summed E-state index contributed by atoms with van der Waals surface area (Å²) in [7, 11) is 0. The maximum absolute atomic E-state index is 12.0. The van der Waals surface area contributed by atoms with Gasteiger partial charge in [-0.1, -0.05) is 17.7 Å². The van der Waals surface area contributed by atoms with Crippen LogP contribution >= 0.6 is 34.2 Å². The Balaban J connectivity index is 2.22. The second-order valence-electron chi connectivity index (χ2n) is 3.89. The van der Waals surface area contributed by atoms with E-state index in [1.54, 1.807) is 18.2 Å². The second kappa shape index (κ2) is 6.19. The second-order valence-corrected chi connectivity index (χ2v) is 5.54. The molecule has 2 aromatic rings. The molecule has 102 valence electrons. The van der Waals surface area contributed by atoms with Crippen LogP contribution in [0.25, 0.3) is 0 Å². The molecule has 0 aromatic heterocycles. The largest absolute Gasteiger partial charge is 0.321 e. The highest BCUT2D eigenvalue weighted by Crippen LogP contribution is 2.27. The van der Waals surface area contributed by atoms with Gasteiger partial charge in [-0.05, 0) is 46.9 Å². The van der Waals surface area contributed by atoms with Crippen molar-refractivity contribution in [1.82, 2.24) is 0 Å². The molecule has 20 heavy (non-hydrogen) atoms. The summed E-state index contributed by atoms with van der Waals surface area (Å²) in [5, 5.41) is 13.4. The SMILES string of the molecule is O=C(Nc1ccc([N+](=O)[O-])cc1Cl)c1cccc(I)c1. The van der Waals surface area contributed by atoms with Crippen molar-refractivity contribution in [3.8, 4) is 0 Å². The van der Waals surface area contributed by atoms with Gasteiger partial charge in [-0.3, -0.25) is 14.9 Å². The zero-order chi connectivity index (χ0) is 14.7. The highest BCUT2D eigenvalue weighted by molar-refractivity contribution is 14.1. The summed E-state index contributed by atoms with van der Waals surface area (Å²) in [5.74, 6) is -0.320. The van der Waals surface area contributed by atoms with Gasteiger partial charge < -0.3 is 5.32 Å². The number of nitro groups is 1. The van der Waals surface area contributed by atoms with Gasteiger partial charge in [0.25, 0.3) is 11.6 Å². The molecule has 0 unspecified atom stereocenters. The smallest absolute Gasteiger partial charge is 0.271 e. The first-order valence-corrected chi connectivity index (χ1v) is 6.94. The molecule has 0 heterocycles. The molecule has 0 bridgehead atoms. The lowest BCUT2D eigenvalue weighted by molar-refractivity contribution is -0.384. The summed E-state index contributed by atoms with van der Waals surface area (Å²) in [6.45, 7) is 0. The predicted octanol–water partition coefficient (Wildman–Crippen LogP) is 4.11. The maximum Gasteiger partial charge on any atom is 0.271 e. The van der Waals surface area contributed by atoms with E-state index in [2.05, 4.69) is 27.9 Å². The van der Waals surface area contributed by atoms with E-state index in [0.29, 0.717) is 11.3 Å². The zero-order valence-electron chi connectivity index (χ0n) is 9.97. The summed E-state index contributed by atoms with van der Waals surface area (Å²) in [6.07, 6.45) is 0. The molecule has 0 atom stereocenters. The molecular weight excluding hydrogens is 395 g/mol. The van der Waals surface area contributed by atoms with E-state index < -0.39 is 4.92 Å². The van der Waals surface area contributed by atoms with Crippen molar-refractivity contribution in [3.05, 3.63) is 66.7 Å². The number of benzene rings is 2. The van der Waals surface area contributed by atoms with E-state index in [1.807, 2.05) is 6.07 Å². The van der Waals surface area contributed by atoms with Crippen LogP contribution in [0.1, 0.15) is 10.4 Å². The lowest BCUT2D eigenvalue weighted by atomic mass is 10.2. The fourth-order valence-corrected chi connectivity index (χ4v) is 2.31. The van der Waals surface area contributed by atoms with Crippen molar-refractivity contribution in [2.45, 2.75) is 0 Å². The summed E-state index contributed by atoms with van der Waals surface area (Å²) >= 11 is 8.02. The van der Waals surface area contributed by atoms with E-state index in [0.717, 1.165) is 3.57 Å². The predicted molar refractivity (Wildman–Crippen MR) is 85.2 cm³/mol. The van der Waals surface area contributed by atoms with Gasteiger partial charge in [-0.2, -0.15) is 0 Å². The van der Waals surface area contributed by atoms with Crippen LogP contribution in [0.5, 0.6) is 0 Å². The molecule has 2 rings (SSSR count). The molecule has 0 aliphatic heterocycles. The Hall–Kier alpha value is -1.67. The number of anilines is 1. The fourth-order valence-electron chi connectivity index (χ4n) is 1.54. The Labute approximate surface area is 133 Å². The van der Waals surface area contributed by atoms with Crippen LogP contribution < -0.4 is 5.32 Å². The van der Waals surface area contributed by atoms with Crippen LogP contribution in [-0.2, 0) is 0 Å². The van der Waals surface area contributed by atoms with Crippen LogP contribution in [-0.4, -0.2) is 10.8 Å². The molecule has 0 radical (unpaired) electrons. The van der Waals surface area contributed by atoms with Gasteiger partial charge in [-0.25, -0.2) is 0 Å². The number of nitro benzene ring substituents is 1. The Bertz CT molecular complexity index is 691. The average molecular weight is 403 g/mol. The van der Waals surface area contributed by atoms with Crippen LogP contribution in [0.4, 0.5) is 11.4 Å². The van der Waals surface area contributed by atoms with Crippen molar-refractivity contribution in [2.75, 3.05) is 5.32 Å². The van der Waals surface area contributed by atoms with Gasteiger partial charge in [0.2, 0.25) is 0 Å². The number of carbonyl (C=O) groups excluding carboxylic acids is 1. The molecule has 0 aliphatic carbocycles. The zero-order valence-corrected chi connectivity index (χ0v) is 12.9. The molecule has 1 amide bonds. The third kappa shape index (κ3) is 3.45. The van der Waals surface area contributed by atoms with Gasteiger partial charge in [-0.15, -0.1) is 0 Å². The Kier molecular flexibility index (Phi) is 4.56. The molecule has 2 aromatic carbocycles. The summed E-state index contributed by atoms with van der Waals surface area (Å²) in [5.41, 5.74) is 0.703. The number of carbonyl (C=O) groups is 1. The Morgan fingerprint density at radius 3 is 2.60 bits per heavy atom. The first-order valence-electron chi connectivity index (χ1n) is 5.48. The van der Waals surface area contributed by atoms with Gasteiger partial charge >= 0.3 is 0 Å². The van der Waals surface area contributed by atoms with E-state index in [4.69, 9.17) is 11.6 Å². The van der Waals surface area contributed by atoms with Crippen molar-refractivity contribution in [3.63, 3.8) is 0 Å². The van der Waals surface area contributed by atoms with Gasteiger partial charge in [0.1, 0.15) is 0 Å². The van der Waals surface area contributed by atoms with Gasteiger partial charge in [0, 0.05) is 21.3 Å². The number of hydrogen-bond donors (Lipinski definition) is 1. The topological polar surface area (TPSA) is 72.2 Å². The molecule has 0 saturated carbocycles. The maximum atomic E-state index is 12.0. The molecule has 0 aliphatic rings. The van der Waals surface area contributed by atoms with Crippen LogP contribution in [0.2, 0.25) is 5.02 Å². The van der Waals surface area contributed by atoms with Crippen LogP contribution in [0, 0.1) is 13.7 Å². The molecule has 7 heteroatoms. The number of hydrogen-bond acceptors (Lipinski definition) is 3. The average Bonchev–Trinajstić information content (AvgIpc) is 2.40. The molecule has 1 N–H and O–H groups in total. The summed E-state index contributed by atoms with van der Waals surface area (Å²) in [6, 6.07) is 10.9. The third-order valence-corrected chi connectivity index (χ3v) is 3.48. The first kappa shape index (κ1) is 14.7. The van der Waals surface area contributed by atoms with Crippen molar-refractivity contribution >= 4 is 51.5 Å². The normalized spacial score (nSPS) is 10.1. The summed E-state index contributed by atoms with van der Waals surface area (Å²) < 4.78 is 0.935. The molecule has 0 saturated heterocycles. The number of nitrogens with one attached hydrogen (secondary N) is 1. The number of amides is 1. The molecule has 5 nitrogen and oxygen atoms in total. The van der Waals surface area contributed by atoms with Crippen molar-refractivity contribution < 1.29 is 9.72 Å².